The van der Waals surface area contributed by atoms with Gasteiger partial charge in [-0.25, -0.2) is 0 Å². The van der Waals surface area contributed by atoms with E-state index in [1.165, 1.54) is 5.56 Å². The first kappa shape index (κ1) is 12.8. The lowest BCUT2D eigenvalue weighted by atomic mass is 10.1. The third kappa shape index (κ3) is 3.40. The molecule has 0 fully saturated rings. The summed E-state index contributed by atoms with van der Waals surface area (Å²) in [5.41, 5.74) is 2.21. The molecule has 0 atom stereocenters. The number of nitrogens with zero attached hydrogens (tertiary/aromatic N) is 2. The maximum Gasteiger partial charge on any atom is 0.240 e. The van der Waals surface area contributed by atoms with E-state index in [9.17, 15) is 0 Å². The van der Waals surface area contributed by atoms with Gasteiger partial charge >= 0.3 is 0 Å². The molecule has 2 rings (SSSR count). The fraction of sp³-hybridized carbons (Fsp3) is 0.429. The number of benzene rings is 1. The molecule has 0 radical (unpaired) electrons. The topological polar surface area (TPSA) is 51.0 Å². The lowest BCUT2D eigenvalue weighted by molar-refractivity contribution is 0.364. The van der Waals surface area contributed by atoms with Gasteiger partial charge in [0.25, 0.3) is 0 Å². The molecule has 1 aromatic carbocycles. The Balaban J connectivity index is 1.99. The number of hydrogen-bond acceptors (Lipinski definition) is 4. The number of hydrogen-bond donors (Lipinski definition) is 1. The van der Waals surface area contributed by atoms with Gasteiger partial charge in [-0.3, -0.25) is 0 Å². The molecule has 0 bridgehead atoms. The molecule has 0 amide bonds. The summed E-state index contributed by atoms with van der Waals surface area (Å²) in [4.78, 5) is 4.37. The van der Waals surface area contributed by atoms with Crippen molar-refractivity contribution in [1.82, 2.24) is 15.5 Å². The predicted molar refractivity (Wildman–Crippen MR) is 71.0 cm³/mol. The predicted octanol–water partition coefficient (Wildman–Crippen LogP) is 2.79. The van der Waals surface area contributed by atoms with Crippen LogP contribution in [0.2, 0.25) is 0 Å². The van der Waals surface area contributed by atoms with Gasteiger partial charge in [-0.05, 0) is 19.4 Å². The summed E-state index contributed by atoms with van der Waals surface area (Å²) in [6.07, 6.45) is 0. The Morgan fingerprint density at radius 3 is 2.61 bits per heavy atom. The second kappa shape index (κ2) is 5.78. The quantitative estimate of drug-likeness (QED) is 0.880. The van der Waals surface area contributed by atoms with E-state index in [1.807, 2.05) is 24.3 Å². The zero-order chi connectivity index (χ0) is 13.0. The molecule has 0 saturated heterocycles. The molecule has 0 saturated carbocycles. The summed E-state index contributed by atoms with van der Waals surface area (Å²) in [5.74, 6) is 1.90. The Kier molecular flexibility index (Phi) is 4.10. The first-order valence-corrected chi connectivity index (χ1v) is 6.25. The van der Waals surface area contributed by atoms with E-state index in [4.69, 9.17) is 4.52 Å². The highest BCUT2D eigenvalue weighted by molar-refractivity contribution is 5.54. The second-order valence-electron chi connectivity index (χ2n) is 4.90. The molecule has 1 heterocycles. The van der Waals surface area contributed by atoms with E-state index >= 15 is 0 Å². The Morgan fingerprint density at radius 1 is 1.22 bits per heavy atom. The minimum absolute atomic E-state index is 0.615. The molecular weight excluding hydrogens is 226 g/mol. The van der Waals surface area contributed by atoms with E-state index < -0.39 is 0 Å². The van der Waals surface area contributed by atoms with Gasteiger partial charge in [0, 0.05) is 5.56 Å². The van der Waals surface area contributed by atoms with Crippen LogP contribution in [0.4, 0.5) is 0 Å². The third-order valence-electron chi connectivity index (χ3n) is 2.61. The van der Waals surface area contributed by atoms with E-state index in [-0.39, 0.29) is 0 Å². The fourth-order valence-electron chi connectivity index (χ4n) is 1.61. The molecule has 2 aromatic rings. The molecule has 0 unspecified atom stereocenters. The molecule has 0 aliphatic heterocycles. The fourth-order valence-corrected chi connectivity index (χ4v) is 1.61. The molecular formula is C14H19N3O. The van der Waals surface area contributed by atoms with Crippen LogP contribution >= 0.6 is 0 Å². The zero-order valence-electron chi connectivity index (χ0n) is 11.1. The van der Waals surface area contributed by atoms with Crippen LogP contribution in [0, 0.1) is 12.8 Å². The van der Waals surface area contributed by atoms with Crippen LogP contribution in [0.1, 0.15) is 25.3 Å². The third-order valence-corrected chi connectivity index (χ3v) is 2.61. The zero-order valence-corrected chi connectivity index (χ0v) is 11.1. The number of nitrogens with one attached hydrogen (secondary N) is 1. The van der Waals surface area contributed by atoms with E-state index in [0.717, 1.165) is 12.1 Å². The van der Waals surface area contributed by atoms with Crippen LogP contribution in [0.5, 0.6) is 0 Å². The van der Waals surface area contributed by atoms with Crippen molar-refractivity contribution in [1.29, 1.82) is 0 Å². The molecule has 96 valence electrons. The second-order valence-corrected chi connectivity index (χ2v) is 4.90. The van der Waals surface area contributed by atoms with Crippen LogP contribution < -0.4 is 5.32 Å². The monoisotopic (exact) mass is 245 g/mol. The maximum atomic E-state index is 5.21. The summed E-state index contributed by atoms with van der Waals surface area (Å²) >= 11 is 0. The molecule has 1 N–H and O–H groups in total. The summed E-state index contributed by atoms with van der Waals surface area (Å²) in [6, 6.07) is 8.10. The summed E-state index contributed by atoms with van der Waals surface area (Å²) in [6.45, 7) is 7.96. The van der Waals surface area contributed by atoms with Crippen molar-refractivity contribution in [2.75, 3.05) is 6.54 Å². The van der Waals surface area contributed by atoms with Crippen LogP contribution in [-0.4, -0.2) is 16.7 Å². The average Bonchev–Trinajstić information content (AvgIpc) is 2.78. The molecule has 0 aliphatic carbocycles. The van der Waals surface area contributed by atoms with Gasteiger partial charge in [-0.1, -0.05) is 48.8 Å². The first-order chi connectivity index (χ1) is 8.65. The van der Waals surface area contributed by atoms with Crippen LogP contribution in [0.3, 0.4) is 0 Å². The lowest BCUT2D eigenvalue weighted by Gasteiger charge is -2.03. The van der Waals surface area contributed by atoms with Crippen molar-refractivity contribution >= 4 is 0 Å². The molecule has 4 nitrogen and oxygen atoms in total. The number of rotatable bonds is 5. The molecule has 0 spiro atoms. The highest BCUT2D eigenvalue weighted by atomic mass is 16.5. The molecule has 18 heavy (non-hydrogen) atoms. The van der Waals surface area contributed by atoms with Crippen molar-refractivity contribution in [3.05, 3.63) is 35.7 Å². The van der Waals surface area contributed by atoms with Crippen molar-refractivity contribution < 1.29 is 4.52 Å². The minimum atomic E-state index is 0.615. The van der Waals surface area contributed by atoms with Crippen LogP contribution in [0.15, 0.2) is 28.8 Å². The van der Waals surface area contributed by atoms with Gasteiger partial charge in [0.2, 0.25) is 11.7 Å². The average molecular weight is 245 g/mol. The largest absolute Gasteiger partial charge is 0.338 e. The highest BCUT2D eigenvalue weighted by Gasteiger charge is 2.07. The van der Waals surface area contributed by atoms with E-state index in [2.05, 4.69) is 36.2 Å². The van der Waals surface area contributed by atoms with Gasteiger partial charge in [0.15, 0.2) is 0 Å². The van der Waals surface area contributed by atoms with Crippen LogP contribution in [0.25, 0.3) is 11.4 Å². The summed E-state index contributed by atoms with van der Waals surface area (Å²) in [5, 5.41) is 7.27. The van der Waals surface area contributed by atoms with E-state index in [0.29, 0.717) is 24.2 Å². The summed E-state index contributed by atoms with van der Waals surface area (Å²) < 4.78 is 5.21. The van der Waals surface area contributed by atoms with Crippen molar-refractivity contribution in [2.24, 2.45) is 5.92 Å². The van der Waals surface area contributed by atoms with Gasteiger partial charge in [0.05, 0.1) is 6.54 Å². The van der Waals surface area contributed by atoms with Crippen molar-refractivity contribution in [3.63, 3.8) is 0 Å². The standard InChI is InChI=1S/C14H19N3O/c1-10(2)8-15-9-13-16-14(17-18-13)12-6-4-11(3)5-7-12/h4-7,10,15H,8-9H2,1-3H3. The van der Waals surface area contributed by atoms with E-state index in [1.54, 1.807) is 0 Å². The SMILES string of the molecule is Cc1ccc(-c2noc(CNCC(C)C)n2)cc1. The van der Waals surface area contributed by atoms with Crippen molar-refractivity contribution in [2.45, 2.75) is 27.3 Å². The molecule has 4 heteroatoms. The maximum absolute atomic E-state index is 5.21. The van der Waals surface area contributed by atoms with Gasteiger partial charge in [0.1, 0.15) is 0 Å². The number of aromatic nitrogens is 2. The van der Waals surface area contributed by atoms with Gasteiger partial charge in [-0.2, -0.15) is 4.98 Å². The Morgan fingerprint density at radius 2 is 1.94 bits per heavy atom. The highest BCUT2D eigenvalue weighted by Crippen LogP contribution is 2.16. The normalized spacial score (nSPS) is 11.1. The molecule has 0 aliphatic rings. The summed E-state index contributed by atoms with van der Waals surface area (Å²) in [7, 11) is 0. The van der Waals surface area contributed by atoms with Gasteiger partial charge < -0.3 is 9.84 Å². The Bertz CT molecular complexity index is 488. The minimum Gasteiger partial charge on any atom is -0.338 e. The Labute approximate surface area is 107 Å². The van der Waals surface area contributed by atoms with Crippen LogP contribution in [-0.2, 0) is 6.54 Å². The smallest absolute Gasteiger partial charge is 0.240 e. The first-order valence-electron chi connectivity index (χ1n) is 6.25. The van der Waals surface area contributed by atoms with Crippen molar-refractivity contribution in [3.8, 4) is 11.4 Å². The lowest BCUT2D eigenvalue weighted by Crippen LogP contribution is -2.19. The Hall–Kier alpha value is -1.68. The van der Waals surface area contributed by atoms with Gasteiger partial charge in [-0.15, -0.1) is 0 Å². The molecule has 1 aromatic heterocycles. The number of aryl methyl sites for hydroxylation is 1.